The molecule has 0 spiro atoms. The van der Waals surface area contributed by atoms with Gasteiger partial charge < -0.3 is 9.26 Å². The Hall–Kier alpha value is -1.63. The molecule has 0 saturated heterocycles. The zero-order valence-electron chi connectivity index (χ0n) is 12.0. The predicted molar refractivity (Wildman–Crippen MR) is 78.6 cm³/mol. The standard InChI is InChI=1S/C12H10F3N3O5S.Na.H/c1-2-9-16-11(23-17-9)10(19)18-24(20,21)8-6-4-3-5-7(8)22-12(13,14)15;;/h3-6H,2H2,1H3,(H,18,19);;. The minimum absolute atomic E-state index is 0. The molecule has 1 N–H and O–H groups in total. The van der Waals surface area contributed by atoms with Crippen molar-refractivity contribution in [2.45, 2.75) is 24.6 Å². The number of para-hydroxylation sites is 1. The van der Waals surface area contributed by atoms with Crippen molar-refractivity contribution in [2.75, 3.05) is 0 Å². The Kier molecular flexibility index (Phi) is 6.99. The first-order chi connectivity index (χ1) is 11.1. The van der Waals surface area contributed by atoms with Crippen molar-refractivity contribution in [3.63, 3.8) is 0 Å². The van der Waals surface area contributed by atoms with Gasteiger partial charge in [0.25, 0.3) is 10.0 Å². The van der Waals surface area contributed by atoms with E-state index in [1.165, 1.54) is 6.07 Å². The molecule has 0 unspecified atom stereocenters. The molecule has 1 aromatic carbocycles. The number of sulfonamides is 1. The third-order valence-electron chi connectivity index (χ3n) is 2.57. The van der Waals surface area contributed by atoms with E-state index in [0.29, 0.717) is 6.42 Å². The molecule has 0 aliphatic heterocycles. The number of alkyl halides is 3. The van der Waals surface area contributed by atoms with Gasteiger partial charge in [0, 0.05) is 6.42 Å². The van der Waals surface area contributed by atoms with E-state index in [9.17, 15) is 26.4 Å². The molecule has 1 heterocycles. The van der Waals surface area contributed by atoms with Gasteiger partial charge in [-0.25, -0.2) is 13.1 Å². The number of hydrogen-bond acceptors (Lipinski definition) is 7. The van der Waals surface area contributed by atoms with E-state index >= 15 is 0 Å². The first kappa shape index (κ1) is 21.4. The van der Waals surface area contributed by atoms with Gasteiger partial charge in [-0.05, 0) is 12.1 Å². The molecule has 1 amide bonds. The van der Waals surface area contributed by atoms with Gasteiger partial charge in [0.2, 0.25) is 0 Å². The van der Waals surface area contributed by atoms with Gasteiger partial charge in [0.05, 0.1) is 0 Å². The van der Waals surface area contributed by atoms with Crippen molar-refractivity contribution in [2.24, 2.45) is 0 Å². The summed E-state index contributed by atoms with van der Waals surface area (Å²) in [6.45, 7) is 1.67. The molecule has 8 nitrogen and oxygen atoms in total. The molecule has 0 fully saturated rings. The van der Waals surface area contributed by atoms with E-state index in [0.717, 1.165) is 18.2 Å². The van der Waals surface area contributed by atoms with Crippen molar-refractivity contribution in [1.82, 2.24) is 14.9 Å². The number of aryl methyl sites for hydroxylation is 1. The van der Waals surface area contributed by atoms with Crippen LogP contribution in [0.1, 0.15) is 23.4 Å². The maximum absolute atomic E-state index is 12.3. The molecule has 2 rings (SSSR count). The van der Waals surface area contributed by atoms with Gasteiger partial charge in [-0.15, -0.1) is 13.2 Å². The third kappa shape index (κ3) is 5.70. The second-order valence-electron chi connectivity index (χ2n) is 4.30. The van der Waals surface area contributed by atoms with Crippen LogP contribution in [0.4, 0.5) is 13.2 Å². The topological polar surface area (TPSA) is 111 Å². The van der Waals surface area contributed by atoms with E-state index in [-0.39, 0.29) is 35.4 Å². The number of benzene rings is 1. The number of aromatic nitrogens is 2. The molecule has 0 radical (unpaired) electrons. The molecule has 13 heteroatoms. The van der Waals surface area contributed by atoms with Gasteiger partial charge in [0.1, 0.15) is 10.6 Å². The van der Waals surface area contributed by atoms with Crippen molar-refractivity contribution < 1.29 is 35.6 Å². The van der Waals surface area contributed by atoms with Gasteiger partial charge in [-0.1, -0.05) is 24.2 Å². The quantitative estimate of drug-likeness (QED) is 0.760. The molecule has 132 valence electrons. The van der Waals surface area contributed by atoms with Crippen LogP contribution in [0, 0.1) is 0 Å². The van der Waals surface area contributed by atoms with Crippen molar-refractivity contribution in [3.05, 3.63) is 36.0 Å². The van der Waals surface area contributed by atoms with Crippen LogP contribution in [-0.4, -0.2) is 60.4 Å². The Labute approximate surface area is 162 Å². The monoisotopic (exact) mass is 389 g/mol. The Bertz CT molecular complexity index is 854. The van der Waals surface area contributed by atoms with Crippen molar-refractivity contribution >= 4 is 45.5 Å². The van der Waals surface area contributed by atoms with Crippen LogP contribution >= 0.6 is 0 Å². The van der Waals surface area contributed by atoms with Crippen LogP contribution in [0.2, 0.25) is 0 Å². The summed E-state index contributed by atoms with van der Waals surface area (Å²) < 4.78 is 71.0. The zero-order valence-corrected chi connectivity index (χ0v) is 12.8. The summed E-state index contributed by atoms with van der Waals surface area (Å²) in [4.78, 5) is 14.6. The zero-order chi connectivity index (χ0) is 18.0. The number of hydrogen-bond donors (Lipinski definition) is 1. The average Bonchev–Trinajstić information content (AvgIpc) is 2.94. The SMILES string of the molecule is CCc1noc(C(=O)NS(=O)(=O)c2ccccc2OC(F)(F)F)n1.[NaH]. The Balaban J connectivity index is 0.00000312. The van der Waals surface area contributed by atoms with Crippen molar-refractivity contribution in [1.29, 1.82) is 0 Å². The van der Waals surface area contributed by atoms with Gasteiger partial charge in [0.15, 0.2) is 5.82 Å². The Morgan fingerprint density at radius 2 is 1.96 bits per heavy atom. The molecule has 0 saturated carbocycles. The molecular weight excluding hydrogens is 378 g/mol. The molecule has 0 bridgehead atoms. The summed E-state index contributed by atoms with van der Waals surface area (Å²) in [5, 5.41) is 3.41. The van der Waals surface area contributed by atoms with Crippen LogP contribution in [-0.2, 0) is 16.4 Å². The normalized spacial score (nSPS) is 11.5. The fourth-order valence-electron chi connectivity index (χ4n) is 1.59. The number of nitrogens with one attached hydrogen (secondary N) is 1. The summed E-state index contributed by atoms with van der Waals surface area (Å²) in [5.41, 5.74) is 0. The molecule has 1 aromatic heterocycles. The molecular formula is C12H11F3N3NaO5S. The van der Waals surface area contributed by atoms with E-state index in [4.69, 9.17) is 0 Å². The maximum atomic E-state index is 12.3. The molecule has 25 heavy (non-hydrogen) atoms. The van der Waals surface area contributed by atoms with Crippen LogP contribution in [0.15, 0.2) is 33.7 Å². The summed E-state index contributed by atoms with van der Waals surface area (Å²) in [7, 11) is -4.66. The van der Waals surface area contributed by atoms with Crippen LogP contribution < -0.4 is 9.46 Å². The first-order valence-electron chi connectivity index (χ1n) is 6.37. The van der Waals surface area contributed by atoms with Gasteiger partial charge >= 0.3 is 47.7 Å². The Morgan fingerprint density at radius 3 is 2.52 bits per heavy atom. The third-order valence-corrected chi connectivity index (χ3v) is 3.94. The van der Waals surface area contributed by atoms with Gasteiger partial charge in [-0.2, -0.15) is 4.98 Å². The first-order valence-corrected chi connectivity index (χ1v) is 7.85. The fourth-order valence-corrected chi connectivity index (χ4v) is 2.67. The van der Waals surface area contributed by atoms with E-state index < -0.39 is 38.8 Å². The van der Waals surface area contributed by atoms with Crippen LogP contribution in [0.25, 0.3) is 0 Å². The number of ether oxygens (including phenoxy) is 1. The number of carbonyl (C=O) groups is 1. The predicted octanol–water partition coefficient (Wildman–Crippen LogP) is 1.00. The number of rotatable bonds is 5. The second kappa shape index (κ2) is 8.17. The Morgan fingerprint density at radius 1 is 1.32 bits per heavy atom. The average molecular weight is 389 g/mol. The fraction of sp³-hybridized carbons (Fsp3) is 0.250. The van der Waals surface area contributed by atoms with E-state index in [2.05, 4.69) is 19.4 Å². The van der Waals surface area contributed by atoms with E-state index in [1.807, 2.05) is 0 Å². The summed E-state index contributed by atoms with van der Waals surface area (Å²) >= 11 is 0. The molecule has 2 aromatic rings. The number of amides is 1. The minimum atomic E-state index is -5.10. The number of nitrogens with zero attached hydrogens (tertiary/aromatic N) is 2. The molecule has 0 aliphatic carbocycles. The number of carbonyl (C=O) groups excluding carboxylic acids is 1. The van der Waals surface area contributed by atoms with Crippen LogP contribution in [0.3, 0.4) is 0 Å². The van der Waals surface area contributed by atoms with Crippen LogP contribution in [0.5, 0.6) is 5.75 Å². The number of halogens is 3. The van der Waals surface area contributed by atoms with Gasteiger partial charge in [-0.3, -0.25) is 4.79 Å². The summed E-state index contributed by atoms with van der Waals surface area (Å²) in [5.74, 6) is -2.72. The summed E-state index contributed by atoms with van der Waals surface area (Å²) in [6.07, 6.45) is -4.76. The molecule has 0 aliphatic rings. The van der Waals surface area contributed by atoms with Crippen molar-refractivity contribution in [3.8, 4) is 5.75 Å². The second-order valence-corrected chi connectivity index (χ2v) is 5.95. The summed E-state index contributed by atoms with van der Waals surface area (Å²) in [6, 6.07) is 3.97. The van der Waals surface area contributed by atoms with E-state index in [1.54, 1.807) is 11.6 Å². The molecule has 0 atom stereocenters.